The fraction of sp³-hybridized carbons (Fsp3) is 0.632. The third-order valence-corrected chi connectivity index (χ3v) is 4.34. The molecule has 0 saturated heterocycles. The highest BCUT2D eigenvalue weighted by Gasteiger charge is 2.05. The van der Waals surface area contributed by atoms with Crippen LogP contribution in [-0.4, -0.2) is 12.6 Å². The number of esters is 1. The second-order valence-electron chi connectivity index (χ2n) is 5.82. The number of unbranched alkanes of at least 4 members (excludes halogenated alkanes) is 9. The van der Waals surface area contributed by atoms with Crippen molar-refractivity contribution in [2.24, 2.45) is 0 Å². The van der Waals surface area contributed by atoms with E-state index in [-0.39, 0.29) is 5.97 Å². The Hall–Kier alpha value is -0.830. The van der Waals surface area contributed by atoms with Crippen LogP contribution in [0.5, 0.6) is 0 Å². The summed E-state index contributed by atoms with van der Waals surface area (Å²) >= 11 is 3.35. The molecule has 0 unspecified atom stereocenters. The van der Waals surface area contributed by atoms with E-state index in [0.717, 1.165) is 17.3 Å². The van der Waals surface area contributed by atoms with E-state index in [1.807, 2.05) is 12.1 Å². The minimum atomic E-state index is -0.219. The average Bonchev–Trinajstić information content (AvgIpc) is 2.53. The van der Waals surface area contributed by atoms with Gasteiger partial charge in [0.05, 0.1) is 12.2 Å². The molecule has 0 radical (unpaired) electrons. The molecule has 22 heavy (non-hydrogen) atoms. The first kappa shape index (κ1) is 19.2. The molecule has 0 fully saturated rings. The van der Waals surface area contributed by atoms with Gasteiger partial charge in [0.1, 0.15) is 0 Å². The van der Waals surface area contributed by atoms with Crippen molar-refractivity contribution in [1.82, 2.24) is 0 Å². The second-order valence-corrected chi connectivity index (χ2v) is 6.74. The van der Waals surface area contributed by atoms with E-state index in [1.165, 1.54) is 51.4 Å². The predicted molar refractivity (Wildman–Crippen MR) is 96.3 cm³/mol. The van der Waals surface area contributed by atoms with Gasteiger partial charge in [0.25, 0.3) is 0 Å². The first-order chi connectivity index (χ1) is 10.7. The third kappa shape index (κ3) is 9.24. The van der Waals surface area contributed by atoms with Crippen LogP contribution in [0.4, 0.5) is 0 Å². The van der Waals surface area contributed by atoms with Gasteiger partial charge >= 0.3 is 5.97 Å². The quantitative estimate of drug-likeness (QED) is 0.309. The number of hydrogen-bond acceptors (Lipinski definition) is 2. The van der Waals surface area contributed by atoms with E-state index in [1.54, 1.807) is 12.1 Å². The molecule has 0 aliphatic rings. The van der Waals surface area contributed by atoms with Gasteiger partial charge in [0.2, 0.25) is 0 Å². The van der Waals surface area contributed by atoms with Crippen LogP contribution in [0.15, 0.2) is 28.7 Å². The van der Waals surface area contributed by atoms with Crippen LogP contribution in [0.3, 0.4) is 0 Å². The summed E-state index contributed by atoms with van der Waals surface area (Å²) in [6.45, 7) is 2.79. The Kier molecular flexibility index (Phi) is 11.1. The Morgan fingerprint density at radius 3 is 1.91 bits per heavy atom. The Labute approximate surface area is 143 Å². The van der Waals surface area contributed by atoms with E-state index in [4.69, 9.17) is 4.74 Å². The van der Waals surface area contributed by atoms with Crippen molar-refractivity contribution in [2.45, 2.75) is 71.1 Å². The van der Waals surface area contributed by atoms with Crippen LogP contribution in [0.2, 0.25) is 0 Å². The molecule has 124 valence electrons. The average molecular weight is 369 g/mol. The van der Waals surface area contributed by atoms with E-state index in [2.05, 4.69) is 22.9 Å². The van der Waals surface area contributed by atoms with Crippen LogP contribution in [-0.2, 0) is 4.74 Å². The molecule has 0 aliphatic carbocycles. The number of carbonyl (C=O) groups is 1. The maximum Gasteiger partial charge on any atom is 0.338 e. The number of hydrogen-bond donors (Lipinski definition) is 0. The van der Waals surface area contributed by atoms with E-state index in [0.29, 0.717) is 12.2 Å². The molecular formula is C19H29BrO2. The molecule has 0 atom stereocenters. The maximum absolute atomic E-state index is 11.8. The molecule has 0 aliphatic heterocycles. The standard InChI is InChI=1S/C19H29BrO2/c1-2-3-4-5-6-7-8-9-10-11-16-22-19(21)17-12-14-18(20)15-13-17/h12-15H,2-11,16H2,1H3. The minimum absolute atomic E-state index is 0.219. The molecule has 0 bridgehead atoms. The zero-order chi connectivity index (χ0) is 16.0. The largest absolute Gasteiger partial charge is 0.462 e. The summed E-state index contributed by atoms with van der Waals surface area (Å²) in [5.74, 6) is -0.219. The van der Waals surface area contributed by atoms with Gasteiger partial charge in [-0.25, -0.2) is 4.79 Å². The lowest BCUT2D eigenvalue weighted by Gasteiger charge is -2.05. The lowest BCUT2D eigenvalue weighted by molar-refractivity contribution is 0.0497. The van der Waals surface area contributed by atoms with Crippen molar-refractivity contribution < 1.29 is 9.53 Å². The van der Waals surface area contributed by atoms with Gasteiger partial charge in [-0.1, -0.05) is 80.6 Å². The van der Waals surface area contributed by atoms with Gasteiger partial charge < -0.3 is 4.74 Å². The zero-order valence-electron chi connectivity index (χ0n) is 13.8. The fourth-order valence-electron chi connectivity index (χ4n) is 2.42. The van der Waals surface area contributed by atoms with Gasteiger partial charge in [-0.05, 0) is 30.7 Å². The summed E-state index contributed by atoms with van der Waals surface area (Å²) in [5, 5.41) is 0. The molecule has 3 heteroatoms. The SMILES string of the molecule is CCCCCCCCCCCCOC(=O)c1ccc(Br)cc1. The van der Waals surface area contributed by atoms with Gasteiger partial charge in [-0.15, -0.1) is 0 Å². The van der Waals surface area contributed by atoms with Crippen molar-refractivity contribution in [3.8, 4) is 0 Å². The lowest BCUT2D eigenvalue weighted by Crippen LogP contribution is -2.06. The first-order valence-corrected chi connectivity index (χ1v) is 9.46. The van der Waals surface area contributed by atoms with Crippen molar-refractivity contribution in [1.29, 1.82) is 0 Å². The molecule has 0 heterocycles. The third-order valence-electron chi connectivity index (χ3n) is 3.81. The Morgan fingerprint density at radius 1 is 0.864 bits per heavy atom. The molecule has 1 aromatic carbocycles. The highest BCUT2D eigenvalue weighted by Crippen LogP contribution is 2.12. The molecule has 0 amide bonds. The zero-order valence-corrected chi connectivity index (χ0v) is 15.4. The Morgan fingerprint density at radius 2 is 1.36 bits per heavy atom. The number of halogens is 1. The summed E-state index contributed by atoms with van der Waals surface area (Å²) in [6, 6.07) is 7.28. The van der Waals surface area contributed by atoms with Crippen molar-refractivity contribution in [3.05, 3.63) is 34.3 Å². The molecule has 1 rings (SSSR count). The smallest absolute Gasteiger partial charge is 0.338 e. The van der Waals surface area contributed by atoms with Crippen LogP contribution in [0, 0.1) is 0 Å². The topological polar surface area (TPSA) is 26.3 Å². The fourth-order valence-corrected chi connectivity index (χ4v) is 2.69. The van der Waals surface area contributed by atoms with Crippen molar-refractivity contribution in [2.75, 3.05) is 6.61 Å². The first-order valence-electron chi connectivity index (χ1n) is 8.66. The van der Waals surface area contributed by atoms with Crippen LogP contribution in [0.25, 0.3) is 0 Å². The lowest BCUT2D eigenvalue weighted by atomic mass is 10.1. The number of benzene rings is 1. The highest BCUT2D eigenvalue weighted by molar-refractivity contribution is 9.10. The molecular weight excluding hydrogens is 340 g/mol. The van der Waals surface area contributed by atoms with Crippen LogP contribution >= 0.6 is 15.9 Å². The molecule has 0 spiro atoms. The molecule has 0 saturated carbocycles. The monoisotopic (exact) mass is 368 g/mol. The summed E-state index contributed by atoms with van der Waals surface area (Å²) in [7, 11) is 0. The van der Waals surface area contributed by atoms with Gasteiger partial charge in [0.15, 0.2) is 0 Å². The van der Waals surface area contributed by atoms with E-state index < -0.39 is 0 Å². The molecule has 0 aromatic heterocycles. The Bertz CT molecular complexity index is 400. The van der Waals surface area contributed by atoms with Gasteiger partial charge in [-0.3, -0.25) is 0 Å². The van der Waals surface area contributed by atoms with E-state index in [9.17, 15) is 4.79 Å². The summed E-state index contributed by atoms with van der Waals surface area (Å²) in [4.78, 5) is 11.8. The number of ether oxygens (including phenoxy) is 1. The second kappa shape index (κ2) is 12.7. The molecule has 2 nitrogen and oxygen atoms in total. The van der Waals surface area contributed by atoms with Gasteiger partial charge in [-0.2, -0.15) is 0 Å². The Balaban J connectivity index is 1.93. The molecule has 1 aromatic rings. The van der Waals surface area contributed by atoms with E-state index >= 15 is 0 Å². The van der Waals surface area contributed by atoms with Crippen LogP contribution < -0.4 is 0 Å². The van der Waals surface area contributed by atoms with Crippen LogP contribution in [0.1, 0.15) is 81.5 Å². The normalized spacial score (nSPS) is 10.6. The maximum atomic E-state index is 11.8. The number of carbonyl (C=O) groups excluding carboxylic acids is 1. The predicted octanol–water partition coefficient (Wildman–Crippen LogP) is 6.53. The minimum Gasteiger partial charge on any atom is -0.462 e. The van der Waals surface area contributed by atoms with Crippen molar-refractivity contribution >= 4 is 21.9 Å². The summed E-state index contributed by atoms with van der Waals surface area (Å²) < 4.78 is 6.26. The number of rotatable bonds is 12. The summed E-state index contributed by atoms with van der Waals surface area (Å²) in [5.41, 5.74) is 0.621. The highest BCUT2D eigenvalue weighted by atomic mass is 79.9. The summed E-state index contributed by atoms with van der Waals surface area (Å²) in [6.07, 6.45) is 12.9. The van der Waals surface area contributed by atoms with Crippen molar-refractivity contribution in [3.63, 3.8) is 0 Å². The molecule has 0 N–H and O–H groups in total. The van der Waals surface area contributed by atoms with Gasteiger partial charge in [0, 0.05) is 4.47 Å².